The van der Waals surface area contributed by atoms with Crippen LogP contribution in [0, 0.1) is 0 Å². The first kappa shape index (κ1) is 22.4. The minimum atomic E-state index is -0.301. The van der Waals surface area contributed by atoms with Crippen LogP contribution in [0.1, 0.15) is 24.0 Å². The predicted molar refractivity (Wildman–Crippen MR) is 132 cm³/mol. The van der Waals surface area contributed by atoms with Crippen molar-refractivity contribution in [3.63, 3.8) is 0 Å². The molecule has 0 saturated carbocycles. The normalized spacial score (nSPS) is 19.5. The molecule has 3 amide bonds. The molecule has 174 valence electrons. The third-order valence-electron chi connectivity index (χ3n) is 6.03. The van der Waals surface area contributed by atoms with Crippen molar-refractivity contribution in [3.05, 3.63) is 76.8 Å². The fraction of sp³-hybridized carbons (Fsp3) is 0.269. The summed E-state index contributed by atoms with van der Waals surface area (Å²) in [5.41, 5.74) is 2.59. The molecule has 2 aliphatic heterocycles. The van der Waals surface area contributed by atoms with Gasteiger partial charge in [0.1, 0.15) is 6.54 Å². The zero-order valence-electron chi connectivity index (χ0n) is 18.6. The Morgan fingerprint density at radius 1 is 1.12 bits per heavy atom. The lowest BCUT2D eigenvalue weighted by atomic mass is 10.1. The molecule has 34 heavy (non-hydrogen) atoms. The van der Waals surface area contributed by atoms with Crippen LogP contribution in [0.25, 0.3) is 17.0 Å². The highest BCUT2D eigenvalue weighted by molar-refractivity contribution is 8.18. The molecule has 0 bridgehead atoms. The van der Waals surface area contributed by atoms with E-state index in [1.807, 2.05) is 65.4 Å². The number of carbonyl (C=O) groups excluding carboxylic acids is 3. The molecule has 1 aromatic heterocycles. The van der Waals surface area contributed by atoms with E-state index in [2.05, 4.69) is 5.32 Å². The monoisotopic (exact) mass is 475 g/mol. The van der Waals surface area contributed by atoms with Crippen LogP contribution >= 0.6 is 11.8 Å². The van der Waals surface area contributed by atoms with Crippen molar-refractivity contribution >= 4 is 45.8 Å². The number of hydrogen-bond acceptors (Lipinski definition) is 5. The molecule has 2 saturated heterocycles. The fourth-order valence-electron chi connectivity index (χ4n) is 4.31. The topological polar surface area (TPSA) is 80.6 Å². The fourth-order valence-corrected chi connectivity index (χ4v) is 5.14. The Kier molecular flexibility index (Phi) is 6.51. The van der Waals surface area contributed by atoms with Crippen LogP contribution in [-0.4, -0.2) is 45.8 Å². The van der Waals surface area contributed by atoms with Gasteiger partial charge in [-0.25, -0.2) is 0 Å². The largest absolute Gasteiger partial charge is 0.376 e. The van der Waals surface area contributed by atoms with Gasteiger partial charge in [-0.3, -0.25) is 19.3 Å². The van der Waals surface area contributed by atoms with E-state index >= 15 is 0 Å². The molecule has 0 spiro atoms. The number of imide groups is 1. The number of benzene rings is 2. The first-order valence-electron chi connectivity index (χ1n) is 11.3. The van der Waals surface area contributed by atoms with Crippen LogP contribution in [0.15, 0.2) is 65.7 Å². The van der Waals surface area contributed by atoms with Crippen LogP contribution in [0.4, 0.5) is 4.79 Å². The van der Waals surface area contributed by atoms with E-state index in [-0.39, 0.29) is 36.2 Å². The molecule has 0 radical (unpaired) electrons. The maximum Gasteiger partial charge on any atom is 0.293 e. The number of amides is 3. The number of fused-ring (bicyclic) bond motifs is 1. The second-order valence-corrected chi connectivity index (χ2v) is 9.42. The summed E-state index contributed by atoms with van der Waals surface area (Å²) in [6.07, 6.45) is 5.70. The third kappa shape index (κ3) is 4.78. The molecule has 2 aliphatic rings. The van der Waals surface area contributed by atoms with Crippen molar-refractivity contribution < 1.29 is 19.1 Å². The maximum absolute atomic E-state index is 13.0. The standard InChI is InChI=1S/C26H25N3O4S/c30-24(27-14-20-9-6-12-33-20)17-28-16-19(21-10-4-5-11-22(21)28)13-23-25(31)29(26(32)34-23)15-18-7-2-1-3-8-18/h1-5,7-8,10-11,13,16,20H,6,9,12,14-15,17H2,(H,27,30)/b23-13-/t20-/m0/s1. The first-order chi connectivity index (χ1) is 16.6. The van der Waals surface area contributed by atoms with E-state index in [9.17, 15) is 14.4 Å². The molecule has 8 heteroatoms. The van der Waals surface area contributed by atoms with Crippen LogP contribution in [-0.2, 0) is 27.4 Å². The quantitative estimate of drug-likeness (QED) is 0.519. The number of aromatic nitrogens is 1. The lowest BCUT2D eigenvalue weighted by molar-refractivity contribution is -0.123. The molecular formula is C26H25N3O4S. The number of hydrogen-bond donors (Lipinski definition) is 1. The van der Waals surface area contributed by atoms with E-state index in [1.54, 1.807) is 6.08 Å². The average Bonchev–Trinajstić information content (AvgIpc) is 3.55. The molecule has 0 unspecified atom stereocenters. The van der Waals surface area contributed by atoms with Gasteiger partial charge in [0.05, 0.1) is 17.6 Å². The highest BCUT2D eigenvalue weighted by Gasteiger charge is 2.35. The van der Waals surface area contributed by atoms with Crippen molar-refractivity contribution in [1.82, 2.24) is 14.8 Å². The van der Waals surface area contributed by atoms with E-state index in [0.29, 0.717) is 11.4 Å². The summed E-state index contributed by atoms with van der Waals surface area (Å²) in [6.45, 7) is 1.67. The summed E-state index contributed by atoms with van der Waals surface area (Å²) < 4.78 is 7.45. The zero-order valence-corrected chi connectivity index (χ0v) is 19.4. The molecule has 3 heterocycles. The number of nitrogens with one attached hydrogen (secondary N) is 1. The average molecular weight is 476 g/mol. The molecule has 0 aliphatic carbocycles. The summed E-state index contributed by atoms with van der Waals surface area (Å²) in [6, 6.07) is 17.2. The van der Waals surface area contributed by atoms with E-state index in [0.717, 1.165) is 53.2 Å². The van der Waals surface area contributed by atoms with Gasteiger partial charge in [0.25, 0.3) is 11.1 Å². The van der Waals surface area contributed by atoms with Gasteiger partial charge in [-0.05, 0) is 42.3 Å². The van der Waals surface area contributed by atoms with E-state index in [1.165, 1.54) is 4.90 Å². The number of para-hydroxylation sites is 1. The van der Waals surface area contributed by atoms with Gasteiger partial charge in [0, 0.05) is 35.8 Å². The molecule has 5 rings (SSSR count). The van der Waals surface area contributed by atoms with Crippen molar-refractivity contribution in [3.8, 4) is 0 Å². The van der Waals surface area contributed by atoms with Crippen LogP contribution < -0.4 is 5.32 Å². The highest BCUT2D eigenvalue weighted by Crippen LogP contribution is 2.35. The SMILES string of the molecule is O=C(Cn1cc(/C=C2\SC(=O)N(Cc3ccccc3)C2=O)c2ccccc21)NC[C@@H]1CCCO1. The van der Waals surface area contributed by atoms with Crippen molar-refractivity contribution in [2.75, 3.05) is 13.2 Å². The van der Waals surface area contributed by atoms with Gasteiger partial charge in [0.15, 0.2) is 0 Å². The van der Waals surface area contributed by atoms with Crippen molar-refractivity contribution in [2.45, 2.75) is 32.0 Å². The number of carbonyl (C=O) groups is 3. The lowest BCUT2D eigenvalue weighted by Gasteiger charge is -2.12. The first-order valence-corrected chi connectivity index (χ1v) is 12.2. The summed E-state index contributed by atoms with van der Waals surface area (Å²) in [5, 5.41) is 3.59. The van der Waals surface area contributed by atoms with Gasteiger partial charge in [-0.15, -0.1) is 0 Å². The highest BCUT2D eigenvalue weighted by atomic mass is 32.2. The Bertz CT molecular complexity index is 1260. The van der Waals surface area contributed by atoms with Gasteiger partial charge >= 0.3 is 0 Å². The van der Waals surface area contributed by atoms with Gasteiger partial charge in [-0.1, -0.05) is 48.5 Å². The molecule has 2 aromatic carbocycles. The van der Waals surface area contributed by atoms with E-state index < -0.39 is 0 Å². The van der Waals surface area contributed by atoms with E-state index in [4.69, 9.17) is 4.74 Å². The summed E-state index contributed by atoms with van der Waals surface area (Å²) in [5.74, 6) is -0.393. The lowest BCUT2D eigenvalue weighted by Crippen LogP contribution is -2.34. The Balaban J connectivity index is 1.35. The summed E-state index contributed by atoms with van der Waals surface area (Å²) >= 11 is 0.946. The second-order valence-electron chi connectivity index (χ2n) is 8.42. The second kappa shape index (κ2) is 9.87. The van der Waals surface area contributed by atoms with Gasteiger partial charge < -0.3 is 14.6 Å². The molecule has 7 nitrogen and oxygen atoms in total. The Morgan fingerprint density at radius 2 is 1.91 bits per heavy atom. The number of rotatable bonds is 7. The number of thioether (sulfide) groups is 1. The van der Waals surface area contributed by atoms with Gasteiger partial charge in [-0.2, -0.15) is 0 Å². The van der Waals surface area contributed by atoms with Crippen molar-refractivity contribution in [2.24, 2.45) is 0 Å². The Hall–Kier alpha value is -3.36. The van der Waals surface area contributed by atoms with Crippen LogP contribution in [0.5, 0.6) is 0 Å². The summed E-state index contributed by atoms with van der Waals surface area (Å²) in [7, 11) is 0. The molecule has 1 atom stereocenters. The van der Waals surface area contributed by atoms with Crippen molar-refractivity contribution in [1.29, 1.82) is 0 Å². The molecule has 3 aromatic rings. The minimum absolute atomic E-state index is 0.0902. The zero-order chi connectivity index (χ0) is 23.5. The predicted octanol–water partition coefficient (Wildman–Crippen LogP) is 4.17. The molecular weight excluding hydrogens is 450 g/mol. The molecule has 2 fully saturated rings. The number of ether oxygens (including phenoxy) is 1. The van der Waals surface area contributed by atoms with Crippen LogP contribution in [0.2, 0.25) is 0 Å². The Labute approximate surface area is 201 Å². The Morgan fingerprint density at radius 3 is 2.71 bits per heavy atom. The number of nitrogens with zero attached hydrogens (tertiary/aromatic N) is 2. The maximum atomic E-state index is 13.0. The summed E-state index contributed by atoms with van der Waals surface area (Å²) in [4.78, 5) is 39.7. The molecule has 1 N–H and O–H groups in total. The van der Waals surface area contributed by atoms with Crippen LogP contribution in [0.3, 0.4) is 0 Å². The minimum Gasteiger partial charge on any atom is -0.376 e. The third-order valence-corrected chi connectivity index (χ3v) is 6.94. The smallest absolute Gasteiger partial charge is 0.293 e. The van der Waals surface area contributed by atoms with Gasteiger partial charge in [0.2, 0.25) is 5.91 Å².